The maximum Gasteiger partial charge on any atom is 0.274 e. The topological polar surface area (TPSA) is 80.8 Å². The van der Waals surface area contributed by atoms with Gasteiger partial charge in [-0.1, -0.05) is 6.07 Å². The van der Waals surface area contributed by atoms with E-state index in [0.29, 0.717) is 30.3 Å². The minimum Gasteiger partial charge on any atom is -0.493 e. The monoisotopic (exact) mass is 357 g/mol. The van der Waals surface area contributed by atoms with Crippen LogP contribution in [0.1, 0.15) is 34.8 Å². The Morgan fingerprint density at radius 1 is 1.00 bits per heavy atom. The van der Waals surface area contributed by atoms with Crippen LogP contribution in [-0.2, 0) is 0 Å². The van der Waals surface area contributed by atoms with Gasteiger partial charge in [-0.25, -0.2) is 4.98 Å². The van der Waals surface area contributed by atoms with E-state index < -0.39 is 5.91 Å². The standard InChI is InChI=1S/C19H23N3O4/c1-5-22(6-2)19(24)15-9-7-8-14(21-15)18(23)20-13-10-11-16(25-3)17(12-13)26-4/h7-12H,5-6H2,1-4H3,(H,20,23). The molecule has 1 aromatic carbocycles. The number of ether oxygens (including phenoxy) is 2. The van der Waals surface area contributed by atoms with Crippen molar-refractivity contribution >= 4 is 17.5 Å². The summed E-state index contributed by atoms with van der Waals surface area (Å²) in [6.07, 6.45) is 0. The highest BCUT2D eigenvalue weighted by molar-refractivity contribution is 6.04. The summed E-state index contributed by atoms with van der Waals surface area (Å²) < 4.78 is 10.4. The lowest BCUT2D eigenvalue weighted by Gasteiger charge is -2.18. The van der Waals surface area contributed by atoms with E-state index in [-0.39, 0.29) is 17.3 Å². The number of carbonyl (C=O) groups excluding carboxylic acids is 2. The van der Waals surface area contributed by atoms with Crippen molar-refractivity contribution in [1.29, 1.82) is 0 Å². The molecule has 0 radical (unpaired) electrons. The van der Waals surface area contributed by atoms with Crippen LogP contribution in [0, 0.1) is 0 Å². The number of hydrogen-bond acceptors (Lipinski definition) is 5. The van der Waals surface area contributed by atoms with Crippen LogP contribution in [-0.4, -0.2) is 49.0 Å². The molecule has 1 aromatic heterocycles. The number of nitrogens with zero attached hydrogens (tertiary/aromatic N) is 2. The molecule has 0 fully saturated rings. The van der Waals surface area contributed by atoms with Crippen LogP contribution in [0.15, 0.2) is 36.4 Å². The molecular weight excluding hydrogens is 334 g/mol. The first kappa shape index (κ1) is 19.2. The van der Waals surface area contributed by atoms with Gasteiger partial charge in [0.05, 0.1) is 14.2 Å². The van der Waals surface area contributed by atoms with Gasteiger partial charge in [0.1, 0.15) is 11.4 Å². The fourth-order valence-corrected chi connectivity index (χ4v) is 2.46. The molecule has 0 saturated carbocycles. The average Bonchev–Trinajstić information content (AvgIpc) is 2.68. The van der Waals surface area contributed by atoms with E-state index in [1.807, 2.05) is 13.8 Å². The highest BCUT2D eigenvalue weighted by Gasteiger charge is 2.17. The fraction of sp³-hybridized carbons (Fsp3) is 0.316. The summed E-state index contributed by atoms with van der Waals surface area (Å²) in [5.41, 5.74) is 0.946. The van der Waals surface area contributed by atoms with Crippen LogP contribution in [0.25, 0.3) is 0 Å². The number of rotatable bonds is 7. The lowest BCUT2D eigenvalue weighted by molar-refractivity contribution is 0.0767. The van der Waals surface area contributed by atoms with Gasteiger partial charge >= 0.3 is 0 Å². The van der Waals surface area contributed by atoms with Gasteiger partial charge in [0.15, 0.2) is 11.5 Å². The minimum atomic E-state index is -0.411. The molecule has 0 atom stereocenters. The number of aromatic nitrogens is 1. The number of hydrogen-bond donors (Lipinski definition) is 1. The molecule has 0 bridgehead atoms. The number of pyridine rings is 1. The van der Waals surface area contributed by atoms with E-state index in [4.69, 9.17) is 9.47 Å². The average molecular weight is 357 g/mol. The van der Waals surface area contributed by atoms with Gasteiger partial charge in [0.25, 0.3) is 11.8 Å². The summed E-state index contributed by atoms with van der Waals surface area (Å²) in [5.74, 6) is 0.460. The zero-order chi connectivity index (χ0) is 19.1. The first-order valence-corrected chi connectivity index (χ1v) is 8.33. The third kappa shape index (κ3) is 4.30. The maximum absolute atomic E-state index is 12.5. The van der Waals surface area contributed by atoms with Crippen molar-refractivity contribution in [2.24, 2.45) is 0 Å². The largest absolute Gasteiger partial charge is 0.493 e. The highest BCUT2D eigenvalue weighted by atomic mass is 16.5. The number of carbonyl (C=O) groups is 2. The van der Waals surface area contributed by atoms with Crippen molar-refractivity contribution < 1.29 is 19.1 Å². The molecule has 0 spiro atoms. The number of methoxy groups -OCH3 is 2. The summed E-state index contributed by atoms with van der Waals surface area (Å²) in [5, 5.41) is 2.75. The summed E-state index contributed by atoms with van der Waals surface area (Å²) in [7, 11) is 3.06. The summed E-state index contributed by atoms with van der Waals surface area (Å²) in [6.45, 7) is 4.96. The van der Waals surface area contributed by atoms with Crippen LogP contribution in [0.5, 0.6) is 11.5 Å². The number of anilines is 1. The summed E-state index contributed by atoms with van der Waals surface area (Å²) in [6, 6.07) is 9.87. The predicted octanol–water partition coefficient (Wildman–Crippen LogP) is 2.83. The van der Waals surface area contributed by atoms with Crippen molar-refractivity contribution in [1.82, 2.24) is 9.88 Å². The van der Waals surface area contributed by atoms with Gasteiger partial charge in [-0.15, -0.1) is 0 Å². The van der Waals surface area contributed by atoms with Crippen molar-refractivity contribution in [2.75, 3.05) is 32.6 Å². The van der Waals surface area contributed by atoms with Crippen LogP contribution in [0.3, 0.4) is 0 Å². The molecule has 138 valence electrons. The van der Waals surface area contributed by atoms with Crippen molar-refractivity contribution in [3.63, 3.8) is 0 Å². The van der Waals surface area contributed by atoms with E-state index in [1.54, 1.807) is 48.4 Å². The Balaban J connectivity index is 2.20. The second-order valence-corrected chi connectivity index (χ2v) is 5.41. The quantitative estimate of drug-likeness (QED) is 0.824. The number of benzene rings is 1. The number of amides is 2. The van der Waals surface area contributed by atoms with Gasteiger partial charge in [0.2, 0.25) is 0 Å². The van der Waals surface area contributed by atoms with Gasteiger partial charge in [-0.2, -0.15) is 0 Å². The molecule has 7 heteroatoms. The first-order chi connectivity index (χ1) is 12.5. The van der Waals surface area contributed by atoms with Crippen molar-refractivity contribution in [3.05, 3.63) is 47.8 Å². The second-order valence-electron chi connectivity index (χ2n) is 5.41. The third-order valence-electron chi connectivity index (χ3n) is 3.89. The Hall–Kier alpha value is -3.09. The lowest BCUT2D eigenvalue weighted by atomic mass is 10.2. The van der Waals surface area contributed by atoms with E-state index in [1.165, 1.54) is 7.11 Å². The second kappa shape index (κ2) is 8.84. The zero-order valence-corrected chi connectivity index (χ0v) is 15.4. The van der Waals surface area contributed by atoms with Gasteiger partial charge in [-0.05, 0) is 38.1 Å². The molecule has 26 heavy (non-hydrogen) atoms. The molecular formula is C19H23N3O4. The van der Waals surface area contributed by atoms with E-state index in [0.717, 1.165) is 0 Å². The molecule has 0 unspecified atom stereocenters. The van der Waals surface area contributed by atoms with Gasteiger partial charge < -0.3 is 19.7 Å². The smallest absolute Gasteiger partial charge is 0.274 e. The third-order valence-corrected chi connectivity index (χ3v) is 3.89. The zero-order valence-electron chi connectivity index (χ0n) is 15.4. The van der Waals surface area contributed by atoms with Gasteiger partial charge in [-0.3, -0.25) is 9.59 Å². The van der Waals surface area contributed by atoms with Crippen LogP contribution < -0.4 is 14.8 Å². The molecule has 0 aliphatic carbocycles. The number of nitrogens with one attached hydrogen (secondary N) is 1. The van der Waals surface area contributed by atoms with E-state index in [9.17, 15) is 9.59 Å². The highest BCUT2D eigenvalue weighted by Crippen LogP contribution is 2.29. The van der Waals surface area contributed by atoms with Crippen LogP contribution in [0.4, 0.5) is 5.69 Å². The van der Waals surface area contributed by atoms with Gasteiger partial charge in [0, 0.05) is 24.8 Å². The maximum atomic E-state index is 12.5. The molecule has 0 saturated heterocycles. The molecule has 1 N–H and O–H groups in total. The Labute approximate surface area is 152 Å². The van der Waals surface area contributed by atoms with Crippen molar-refractivity contribution in [2.45, 2.75) is 13.8 Å². The van der Waals surface area contributed by atoms with Crippen LogP contribution in [0.2, 0.25) is 0 Å². The molecule has 0 aliphatic rings. The Morgan fingerprint density at radius 3 is 2.27 bits per heavy atom. The Morgan fingerprint density at radius 2 is 1.65 bits per heavy atom. The predicted molar refractivity (Wildman–Crippen MR) is 99.0 cm³/mol. The fourth-order valence-electron chi connectivity index (χ4n) is 2.46. The normalized spacial score (nSPS) is 10.2. The molecule has 0 aliphatic heterocycles. The summed E-state index contributed by atoms with van der Waals surface area (Å²) in [4.78, 5) is 30.7. The molecule has 1 heterocycles. The molecule has 2 aromatic rings. The SMILES string of the molecule is CCN(CC)C(=O)c1cccc(C(=O)Nc2ccc(OC)c(OC)c2)n1. The van der Waals surface area contributed by atoms with Crippen molar-refractivity contribution in [3.8, 4) is 11.5 Å². The minimum absolute atomic E-state index is 0.165. The van der Waals surface area contributed by atoms with E-state index in [2.05, 4.69) is 10.3 Å². The Bertz CT molecular complexity index is 788. The lowest BCUT2D eigenvalue weighted by Crippen LogP contribution is -2.31. The summed E-state index contributed by atoms with van der Waals surface area (Å²) >= 11 is 0. The first-order valence-electron chi connectivity index (χ1n) is 8.33. The molecule has 2 rings (SSSR count). The van der Waals surface area contributed by atoms with E-state index >= 15 is 0 Å². The van der Waals surface area contributed by atoms with Crippen LogP contribution >= 0.6 is 0 Å². The molecule has 7 nitrogen and oxygen atoms in total. The molecule has 2 amide bonds. The Kier molecular flexibility index (Phi) is 6.54.